The van der Waals surface area contributed by atoms with E-state index in [0.29, 0.717) is 27.8 Å². The van der Waals surface area contributed by atoms with Crippen molar-refractivity contribution in [3.8, 4) is 51.7 Å². The lowest BCUT2D eigenvalue weighted by Gasteiger charge is -2.20. The second kappa shape index (κ2) is 34.0. The Morgan fingerprint density at radius 1 is 0.458 bits per heavy atom. The highest BCUT2D eigenvalue weighted by Gasteiger charge is 2.28. The first-order chi connectivity index (χ1) is 51.0. The number of anilines is 4. The van der Waals surface area contributed by atoms with Crippen LogP contribution in [0.5, 0.6) is 46.0 Å². The van der Waals surface area contributed by atoms with Crippen molar-refractivity contribution in [2.24, 2.45) is 26.9 Å². The molecule has 0 atom stereocenters. The summed E-state index contributed by atoms with van der Waals surface area (Å²) in [5.74, 6) is -3.84. The molecule has 0 aliphatic rings. The number of nitrogens with two attached hydrogens (primary N) is 1. The normalized spacial score (nSPS) is 10.9. The van der Waals surface area contributed by atoms with Gasteiger partial charge in [0, 0.05) is 73.3 Å². The van der Waals surface area contributed by atoms with Gasteiger partial charge in [-0.3, -0.25) is 47.0 Å². The largest absolute Gasteiger partial charge is 0.497 e. The van der Waals surface area contributed by atoms with Crippen LogP contribution in [0.15, 0.2) is 200 Å². The Bertz CT molecular complexity index is 5800. The van der Waals surface area contributed by atoms with Crippen LogP contribution in [-0.2, 0) is 34.2 Å². The Balaban J connectivity index is 0.000000174. The van der Waals surface area contributed by atoms with Gasteiger partial charge in [0.25, 0.3) is 34.1 Å². The Morgan fingerprint density at radius 2 is 0.860 bits per heavy atom. The second-order valence-corrected chi connectivity index (χ2v) is 27.3. The molecule has 8 aromatic carbocycles. The Morgan fingerprint density at radius 3 is 1.30 bits per heavy atom. The number of amides is 2. The van der Waals surface area contributed by atoms with Crippen molar-refractivity contribution in [3.63, 3.8) is 0 Å². The number of hydrogen-bond donors (Lipinski definition) is 4. The number of benzene rings is 8. The zero-order valence-corrected chi connectivity index (χ0v) is 64.2. The van der Waals surface area contributed by atoms with E-state index in [0.717, 1.165) is 42.0 Å². The van der Waals surface area contributed by atoms with Crippen LogP contribution in [0.2, 0.25) is 0 Å². The summed E-state index contributed by atoms with van der Waals surface area (Å²) in [4.78, 5) is 92.0. The molecular formula is C77H62F6I3N9O12. The number of ether oxygens (including phenoxy) is 5. The van der Waals surface area contributed by atoms with Gasteiger partial charge in [0.2, 0.25) is 0 Å². The average molecular weight is 1800 g/mol. The van der Waals surface area contributed by atoms with Crippen molar-refractivity contribution in [1.82, 2.24) is 28.2 Å². The number of fused-ring (bicyclic) bond motifs is 1. The predicted octanol–water partition coefficient (Wildman–Crippen LogP) is 15.2. The minimum absolute atomic E-state index is 0.00824. The number of primary amides is 1. The maximum Gasteiger partial charge on any atom is 0.337 e. The monoisotopic (exact) mass is 1800 g/mol. The number of nitrogens with zero attached hydrogens (tertiary/aromatic N) is 5. The van der Waals surface area contributed by atoms with Crippen molar-refractivity contribution >= 4 is 114 Å². The van der Waals surface area contributed by atoms with Crippen LogP contribution >= 0.6 is 67.8 Å². The summed E-state index contributed by atoms with van der Waals surface area (Å²) >= 11 is 5.88. The van der Waals surface area contributed by atoms with Crippen molar-refractivity contribution < 1.29 is 59.6 Å². The Labute approximate surface area is 646 Å². The molecule has 107 heavy (non-hydrogen) atoms. The molecule has 0 saturated heterocycles. The number of hydrogen-bond acceptors (Lipinski definition) is 14. The van der Waals surface area contributed by atoms with Crippen LogP contribution in [0.25, 0.3) is 16.7 Å². The number of nitrogens with one attached hydrogen (secondary N) is 3. The average Bonchev–Trinajstić information content (AvgIpc) is 0.728. The first-order valence-corrected chi connectivity index (χ1v) is 35.1. The molecule has 4 heterocycles. The number of aromatic nitrogens is 5. The summed E-state index contributed by atoms with van der Waals surface area (Å²) in [5.41, 5.74) is 3.73. The molecule has 12 aromatic rings. The number of pyridine rings is 3. The van der Waals surface area contributed by atoms with Gasteiger partial charge in [0.05, 0.1) is 37.8 Å². The molecule has 30 heteroatoms. The lowest BCUT2D eigenvalue weighted by Crippen LogP contribution is -2.42. The fourth-order valence-corrected chi connectivity index (χ4v) is 12.1. The maximum absolute atomic E-state index is 15.3. The smallest absolute Gasteiger partial charge is 0.337 e. The molecule has 0 aliphatic carbocycles. The summed E-state index contributed by atoms with van der Waals surface area (Å²) in [7, 11) is 7.30. The second-order valence-electron chi connectivity index (χ2n) is 23.6. The molecule has 0 aliphatic heterocycles. The number of carbonyl (C=O) groups is 2. The Kier molecular flexibility index (Phi) is 24.9. The molecule has 4 aromatic heterocycles. The molecule has 0 spiro atoms. The van der Waals surface area contributed by atoms with Gasteiger partial charge in [-0.2, -0.15) is 0 Å². The van der Waals surface area contributed by atoms with Gasteiger partial charge in [-0.1, -0.05) is 42.5 Å². The van der Waals surface area contributed by atoms with Gasteiger partial charge in [-0.05, 0) is 215 Å². The number of rotatable bonds is 19. The standard InChI is InChI=1S/C29H22F2IN3O5.C28H24F2IN3O4.C20H16F2IN3O3/c1-16-20(30)5-4-6-23(16)40-24-14-25(36)33(2)27-26(24)28(37)34(15-17-7-10-19(39-3)11-8-17)29(38)35(27)22-12-9-18(32)13-21(22)31;1-16-20(29)5-4-6-23(16)38-24-14-25(35)34(2)27(33-22-12-9-18(31)13-21(22)30)26(24)28(36)32-15-17-7-10-19(37-3)11-8-17;1-10-12(21)4-3-5-15(10)29-16-9-17(27)26(2)20(18(16)19(24)28)25-14-7-6-11(23)8-13(14)22/h4-14H,15H2,1-3H3;4-14,33H,15H2,1-3H3,(H,32,36);3-9,25H,1-2H3,(H2,24,28). The van der Waals surface area contributed by atoms with E-state index in [2.05, 4.69) is 16.0 Å². The summed E-state index contributed by atoms with van der Waals surface area (Å²) < 4.78 is 122. The van der Waals surface area contributed by atoms with E-state index in [4.69, 9.17) is 29.4 Å². The van der Waals surface area contributed by atoms with E-state index in [1.54, 1.807) is 73.8 Å². The summed E-state index contributed by atoms with van der Waals surface area (Å²) in [6.07, 6.45) is 0. The molecule has 0 fully saturated rings. The van der Waals surface area contributed by atoms with E-state index < -0.39 is 74.6 Å². The minimum Gasteiger partial charge on any atom is -0.497 e. The molecule has 12 rings (SSSR count). The number of methoxy groups -OCH3 is 2. The summed E-state index contributed by atoms with van der Waals surface area (Å²) in [6.45, 7) is 4.50. The highest BCUT2D eigenvalue weighted by Crippen LogP contribution is 2.37. The van der Waals surface area contributed by atoms with Gasteiger partial charge < -0.3 is 45.4 Å². The van der Waals surface area contributed by atoms with Crippen LogP contribution in [0.3, 0.4) is 0 Å². The van der Waals surface area contributed by atoms with Gasteiger partial charge in [-0.25, -0.2) is 35.7 Å². The first kappa shape index (κ1) is 78.4. The fourth-order valence-electron chi connectivity index (χ4n) is 10.7. The van der Waals surface area contributed by atoms with E-state index in [-0.39, 0.29) is 115 Å². The minimum atomic E-state index is -0.905. The molecule has 0 saturated carbocycles. The van der Waals surface area contributed by atoms with Gasteiger partial charge >= 0.3 is 5.69 Å². The van der Waals surface area contributed by atoms with E-state index >= 15 is 4.39 Å². The first-order valence-electron chi connectivity index (χ1n) is 31.9. The van der Waals surface area contributed by atoms with E-state index in [9.17, 15) is 55.5 Å². The lowest BCUT2D eigenvalue weighted by atomic mass is 10.1. The third-order valence-electron chi connectivity index (χ3n) is 16.7. The van der Waals surface area contributed by atoms with Crippen LogP contribution in [0, 0.1) is 66.4 Å². The molecule has 21 nitrogen and oxygen atoms in total. The van der Waals surface area contributed by atoms with Gasteiger partial charge in [0.15, 0.2) is 0 Å². The van der Waals surface area contributed by atoms with Crippen molar-refractivity contribution in [1.29, 1.82) is 0 Å². The topological polar surface area (TPSA) is 252 Å². The molecule has 0 unspecified atom stereocenters. The molecule has 0 bridgehead atoms. The molecule has 550 valence electrons. The van der Waals surface area contributed by atoms with Gasteiger partial charge in [-0.15, -0.1) is 0 Å². The fraction of sp³-hybridized carbons (Fsp3) is 0.130. The van der Waals surface area contributed by atoms with Crippen molar-refractivity contribution in [2.45, 2.75) is 33.9 Å². The number of carbonyl (C=O) groups excluding carboxylic acids is 2. The third kappa shape index (κ3) is 17.7. The highest BCUT2D eigenvalue weighted by atomic mass is 127. The summed E-state index contributed by atoms with van der Waals surface area (Å²) in [6, 6.07) is 43.0. The van der Waals surface area contributed by atoms with Crippen LogP contribution in [-0.4, -0.2) is 48.9 Å². The third-order valence-corrected chi connectivity index (χ3v) is 18.7. The molecule has 0 radical (unpaired) electrons. The van der Waals surface area contributed by atoms with Crippen molar-refractivity contribution in [3.05, 3.63) is 312 Å². The quantitative estimate of drug-likeness (QED) is 0.0434. The van der Waals surface area contributed by atoms with E-state index in [1.807, 2.05) is 67.8 Å². The zero-order valence-electron chi connectivity index (χ0n) is 57.8. The Hall–Kier alpha value is -11.1. The van der Waals surface area contributed by atoms with Crippen molar-refractivity contribution in [2.75, 3.05) is 24.9 Å². The predicted molar refractivity (Wildman–Crippen MR) is 418 cm³/mol. The van der Waals surface area contributed by atoms with Gasteiger partial charge in [0.1, 0.15) is 115 Å². The molecule has 5 N–H and O–H groups in total. The number of aryl methyl sites for hydroxylation is 1. The zero-order chi connectivity index (χ0) is 77.4. The van der Waals surface area contributed by atoms with Crippen LogP contribution in [0.4, 0.5) is 49.4 Å². The summed E-state index contributed by atoms with van der Waals surface area (Å²) in [5, 5.41) is 8.28. The molecule has 2 amide bonds. The van der Waals surface area contributed by atoms with E-state index in [1.165, 1.54) is 145 Å². The SMILES string of the molecule is COc1ccc(CNC(=O)c2c(Oc3cccc(F)c3C)cc(=O)n(C)c2Nc2ccc(I)cc2F)cc1.COc1ccc(Cn2c(=O)c3c(Oc4cccc(F)c4C)cc(=O)n(C)c3n(-c3ccc(I)cc3F)c2=O)cc1.Cc1c(F)cccc1Oc1cc(=O)n(C)c(Nc2ccc(I)cc2F)c1C(N)=O. The van der Waals surface area contributed by atoms with Crippen LogP contribution in [0.1, 0.15) is 48.5 Å². The van der Waals surface area contributed by atoms with Crippen LogP contribution < -0.4 is 73.3 Å². The maximum atomic E-state index is 15.3. The highest BCUT2D eigenvalue weighted by molar-refractivity contribution is 14.1. The number of halogens is 9. The lowest BCUT2D eigenvalue weighted by molar-refractivity contribution is 0.0947. The molecular weight excluding hydrogens is 1740 g/mol.